The highest BCUT2D eigenvalue weighted by molar-refractivity contribution is 7.86. The summed E-state index contributed by atoms with van der Waals surface area (Å²) in [7, 11) is -1.56. The summed E-state index contributed by atoms with van der Waals surface area (Å²) in [5.74, 6) is -0.879. The summed E-state index contributed by atoms with van der Waals surface area (Å²) in [6.45, 7) is 2.38. The van der Waals surface area contributed by atoms with E-state index in [9.17, 15) is 13.0 Å². The Labute approximate surface area is 165 Å². The zero-order valence-corrected chi connectivity index (χ0v) is 16.6. The molecule has 0 radical (unpaired) electrons. The molecule has 2 aromatic rings. The van der Waals surface area contributed by atoms with Gasteiger partial charge in [-0.05, 0) is 61.6 Å². The van der Waals surface area contributed by atoms with Crippen molar-refractivity contribution in [2.24, 2.45) is 11.8 Å². The van der Waals surface area contributed by atoms with Crippen molar-refractivity contribution in [1.82, 2.24) is 0 Å². The molecule has 0 spiro atoms. The van der Waals surface area contributed by atoms with Gasteiger partial charge in [-0.2, -0.15) is 0 Å². The molecule has 1 aliphatic heterocycles. The minimum atomic E-state index is -1.56. The van der Waals surface area contributed by atoms with Gasteiger partial charge in [-0.25, -0.2) is 8.78 Å². The van der Waals surface area contributed by atoms with Crippen molar-refractivity contribution in [3.8, 4) is 5.75 Å². The maximum atomic E-state index is 15.0. The van der Waals surface area contributed by atoms with E-state index in [0.717, 1.165) is 31.4 Å². The van der Waals surface area contributed by atoms with Crippen LogP contribution in [0.5, 0.6) is 5.75 Å². The molecule has 4 atom stereocenters. The van der Waals surface area contributed by atoms with E-state index in [1.807, 2.05) is 0 Å². The third-order valence-corrected chi connectivity index (χ3v) is 8.40. The summed E-state index contributed by atoms with van der Waals surface area (Å²) >= 11 is 5.97. The molecule has 144 valence electrons. The van der Waals surface area contributed by atoms with E-state index >= 15 is 0 Å². The summed E-state index contributed by atoms with van der Waals surface area (Å²) in [4.78, 5) is 0.579. The molecule has 0 N–H and O–H groups in total. The quantitative estimate of drug-likeness (QED) is 0.635. The van der Waals surface area contributed by atoms with Crippen molar-refractivity contribution in [2.45, 2.75) is 42.2 Å². The van der Waals surface area contributed by atoms with Gasteiger partial charge in [0.1, 0.15) is 5.82 Å². The molecule has 1 fully saturated rings. The normalized spacial score (nSPS) is 28.0. The molecule has 3 unspecified atom stereocenters. The topological polar surface area (TPSA) is 26.3 Å². The van der Waals surface area contributed by atoms with E-state index in [1.165, 1.54) is 0 Å². The minimum Gasteiger partial charge on any atom is -0.490 e. The van der Waals surface area contributed by atoms with Crippen LogP contribution in [0.2, 0.25) is 5.02 Å². The third kappa shape index (κ3) is 2.99. The molecule has 1 aliphatic carbocycles. The molecule has 27 heavy (non-hydrogen) atoms. The predicted octanol–water partition coefficient (Wildman–Crippen LogP) is 5.84. The Morgan fingerprint density at radius 2 is 1.89 bits per heavy atom. The first-order valence-corrected chi connectivity index (χ1v) is 10.8. The standard InChI is InChI=1S/C21H21ClF2O2S/c1-2-13-9-10-21(27(25)16-5-3-15(22)4-6-16)14(11-13)12-26-20-18(24)8-7-17(23)19(20)21/h3-8,13-14H,2,9-12H2,1H3/t13?,14?,21-,27?/m0/s1. The van der Waals surface area contributed by atoms with E-state index in [1.54, 1.807) is 24.3 Å². The van der Waals surface area contributed by atoms with Gasteiger partial charge in [0.2, 0.25) is 0 Å². The van der Waals surface area contributed by atoms with Gasteiger partial charge in [0.25, 0.3) is 0 Å². The fourth-order valence-corrected chi connectivity index (χ4v) is 6.67. The van der Waals surface area contributed by atoms with Crippen LogP contribution in [0.15, 0.2) is 41.3 Å². The number of rotatable bonds is 3. The second-order valence-electron chi connectivity index (χ2n) is 7.40. The van der Waals surface area contributed by atoms with Crippen LogP contribution in [0.3, 0.4) is 0 Å². The van der Waals surface area contributed by atoms with Crippen LogP contribution in [-0.4, -0.2) is 10.8 Å². The van der Waals surface area contributed by atoms with Gasteiger partial charge < -0.3 is 4.74 Å². The molecule has 0 amide bonds. The van der Waals surface area contributed by atoms with Gasteiger partial charge in [-0.1, -0.05) is 24.9 Å². The van der Waals surface area contributed by atoms with Crippen molar-refractivity contribution < 1.29 is 17.7 Å². The Morgan fingerprint density at radius 1 is 1.19 bits per heavy atom. The Morgan fingerprint density at radius 3 is 2.59 bits per heavy atom. The average Bonchev–Trinajstić information content (AvgIpc) is 2.69. The number of hydrogen-bond donors (Lipinski definition) is 0. The molecule has 0 aromatic heterocycles. The van der Waals surface area contributed by atoms with E-state index < -0.39 is 27.2 Å². The maximum absolute atomic E-state index is 15.0. The summed E-state index contributed by atoms with van der Waals surface area (Å²) in [6, 6.07) is 8.98. The largest absolute Gasteiger partial charge is 0.490 e. The van der Waals surface area contributed by atoms with Crippen LogP contribution in [0.1, 0.15) is 38.2 Å². The monoisotopic (exact) mass is 410 g/mol. The first-order valence-electron chi connectivity index (χ1n) is 9.26. The van der Waals surface area contributed by atoms with Gasteiger partial charge in [0.05, 0.1) is 27.7 Å². The number of fused-ring (bicyclic) bond motifs is 3. The fraction of sp³-hybridized carbons (Fsp3) is 0.429. The van der Waals surface area contributed by atoms with Gasteiger partial charge >= 0.3 is 0 Å². The summed E-state index contributed by atoms with van der Waals surface area (Å²) < 4.78 is 47.9. The number of halogens is 3. The Balaban J connectivity index is 1.91. The highest BCUT2D eigenvalue weighted by Gasteiger charge is 2.55. The molecule has 6 heteroatoms. The molecule has 2 aromatic carbocycles. The van der Waals surface area contributed by atoms with Gasteiger partial charge in [0, 0.05) is 15.8 Å². The smallest absolute Gasteiger partial charge is 0.165 e. The van der Waals surface area contributed by atoms with E-state index in [0.29, 0.717) is 22.3 Å². The van der Waals surface area contributed by atoms with Gasteiger partial charge in [-0.3, -0.25) is 4.21 Å². The number of benzene rings is 2. The fourth-order valence-electron chi connectivity index (χ4n) is 4.59. The first kappa shape index (κ1) is 18.9. The molecule has 2 nitrogen and oxygen atoms in total. The maximum Gasteiger partial charge on any atom is 0.165 e. The lowest BCUT2D eigenvalue weighted by atomic mass is 9.68. The van der Waals surface area contributed by atoms with Crippen LogP contribution < -0.4 is 4.74 Å². The van der Waals surface area contributed by atoms with Crippen LogP contribution >= 0.6 is 11.6 Å². The van der Waals surface area contributed by atoms with E-state index in [2.05, 4.69) is 6.92 Å². The lowest BCUT2D eigenvalue weighted by molar-refractivity contribution is 0.0997. The molecule has 0 saturated heterocycles. The van der Waals surface area contributed by atoms with Crippen molar-refractivity contribution in [3.63, 3.8) is 0 Å². The van der Waals surface area contributed by atoms with E-state index in [4.69, 9.17) is 16.3 Å². The summed E-state index contributed by atoms with van der Waals surface area (Å²) in [6.07, 6.45) is 3.19. The Hall–Kier alpha value is -1.46. The Kier molecular flexibility index (Phi) is 5.02. The molecule has 0 bridgehead atoms. The lowest BCUT2D eigenvalue weighted by Gasteiger charge is -2.49. The minimum absolute atomic E-state index is 0.0801. The summed E-state index contributed by atoms with van der Waals surface area (Å²) in [5, 5.41) is 0.545. The zero-order chi connectivity index (χ0) is 19.2. The van der Waals surface area contributed by atoms with Gasteiger partial charge in [-0.15, -0.1) is 0 Å². The predicted molar refractivity (Wildman–Crippen MR) is 103 cm³/mol. The summed E-state index contributed by atoms with van der Waals surface area (Å²) in [5.41, 5.74) is 0.140. The lowest BCUT2D eigenvalue weighted by Crippen LogP contribution is -2.50. The highest BCUT2D eigenvalue weighted by atomic mass is 35.5. The highest BCUT2D eigenvalue weighted by Crippen LogP contribution is 2.56. The van der Waals surface area contributed by atoms with Crippen molar-refractivity contribution >= 4 is 22.4 Å². The van der Waals surface area contributed by atoms with Crippen molar-refractivity contribution in [3.05, 3.63) is 58.6 Å². The van der Waals surface area contributed by atoms with Crippen LogP contribution in [0.25, 0.3) is 0 Å². The molecule has 1 heterocycles. The first-order chi connectivity index (χ1) is 13.0. The van der Waals surface area contributed by atoms with Crippen LogP contribution in [-0.2, 0) is 15.5 Å². The van der Waals surface area contributed by atoms with Gasteiger partial charge in [0.15, 0.2) is 11.6 Å². The van der Waals surface area contributed by atoms with Crippen LogP contribution in [0, 0.1) is 23.5 Å². The molecule has 4 rings (SSSR count). The third-order valence-electron chi connectivity index (χ3n) is 6.05. The van der Waals surface area contributed by atoms with Crippen LogP contribution in [0.4, 0.5) is 8.78 Å². The van der Waals surface area contributed by atoms with E-state index in [-0.39, 0.29) is 23.8 Å². The molecule has 2 aliphatic rings. The molecule has 1 saturated carbocycles. The second kappa shape index (κ2) is 7.17. The number of ether oxygens (including phenoxy) is 1. The second-order valence-corrected chi connectivity index (χ2v) is 9.58. The number of hydrogen-bond acceptors (Lipinski definition) is 2. The SMILES string of the molecule is CCC1CC[C@@]2(S(=O)c3ccc(Cl)cc3)c3c(F)ccc(F)c3OCC2C1. The Bertz CT molecular complexity index is 886. The molecular weight excluding hydrogens is 390 g/mol. The average molecular weight is 411 g/mol. The van der Waals surface area contributed by atoms with Crippen molar-refractivity contribution in [2.75, 3.05) is 6.61 Å². The molecular formula is C21H21ClF2O2S. The zero-order valence-electron chi connectivity index (χ0n) is 15.0. The van der Waals surface area contributed by atoms with Crippen molar-refractivity contribution in [1.29, 1.82) is 0 Å².